The quantitative estimate of drug-likeness (QED) is 0.0153. The average molecular weight is 1020 g/mol. The minimum absolute atomic E-state index is 0.000541. The Morgan fingerprint density at radius 1 is 0.563 bits per heavy atom. The summed E-state index contributed by atoms with van der Waals surface area (Å²) in [6.07, 6.45) is -2.27. The molecule has 2 aromatic rings. The molecule has 0 aliphatic heterocycles. The highest BCUT2D eigenvalue weighted by Crippen LogP contribution is 2.14. The first-order valence-corrected chi connectivity index (χ1v) is 23.3. The maximum absolute atomic E-state index is 13.9. The summed E-state index contributed by atoms with van der Waals surface area (Å²) >= 11 is 1.23. The van der Waals surface area contributed by atoms with E-state index in [0.717, 1.165) is 7.11 Å². The van der Waals surface area contributed by atoms with E-state index in [1.165, 1.54) is 60.3 Å². The first kappa shape index (κ1) is 59.4. The third kappa shape index (κ3) is 23.0. The average Bonchev–Trinajstić information content (AvgIpc) is 3.31. The monoisotopic (exact) mass is 1020 g/mol. The molecule has 0 aliphatic rings. The van der Waals surface area contributed by atoms with E-state index in [1.54, 1.807) is 6.26 Å². The number of phenols is 2. The second-order valence-electron chi connectivity index (χ2n) is 15.9. The van der Waals surface area contributed by atoms with Gasteiger partial charge in [0.15, 0.2) is 5.96 Å². The number of esters is 1. The van der Waals surface area contributed by atoms with Crippen LogP contribution in [0.25, 0.3) is 0 Å². The number of amides is 6. The van der Waals surface area contributed by atoms with Gasteiger partial charge in [0.25, 0.3) is 0 Å². The van der Waals surface area contributed by atoms with Gasteiger partial charge in [-0.1, -0.05) is 24.3 Å². The van der Waals surface area contributed by atoms with Gasteiger partial charge in [-0.3, -0.25) is 48.1 Å². The summed E-state index contributed by atoms with van der Waals surface area (Å²) in [7, 11) is 1.06. The van der Waals surface area contributed by atoms with Crippen LogP contribution in [-0.2, 0) is 65.5 Å². The Kier molecular flexibility index (Phi) is 25.7. The number of aromatic hydroxyl groups is 2. The number of aliphatic carboxylic acids is 3. The molecule has 0 saturated heterocycles. The van der Waals surface area contributed by atoms with E-state index in [-0.39, 0.29) is 61.9 Å². The number of guanidine groups is 1. The number of carboxylic acid groups (broad SMARTS) is 3. The zero-order valence-corrected chi connectivity index (χ0v) is 39.8. The number of carbonyl (C=O) groups is 10. The number of phenolic OH excluding ortho intramolecular Hbond substituents is 2. The highest BCUT2D eigenvalue weighted by molar-refractivity contribution is 7.98. The first-order chi connectivity index (χ1) is 33.5. The number of thioether (sulfide) groups is 1. The Bertz CT molecular complexity index is 2190. The fraction of sp³-hybridized carbons (Fsp3) is 0.477. The molecule has 71 heavy (non-hydrogen) atoms. The Hall–Kier alpha value is -7.68. The third-order valence-electron chi connectivity index (χ3n) is 10.3. The lowest BCUT2D eigenvalue weighted by atomic mass is 10.0. The van der Waals surface area contributed by atoms with Gasteiger partial charge in [0.05, 0.1) is 19.6 Å². The number of nitrogens with one attached hydrogen (secondary N) is 6. The molecular formula is C44H62N10O16S. The fourth-order valence-corrected chi connectivity index (χ4v) is 7.03. The van der Waals surface area contributed by atoms with E-state index in [1.807, 2.05) is 0 Å². The van der Waals surface area contributed by atoms with Crippen molar-refractivity contribution in [1.29, 1.82) is 0 Å². The van der Waals surface area contributed by atoms with Crippen LogP contribution in [0.2, 0.25) is 0 Å². The van der Waals surface area contributed by atoms with Crippen LogP contribution in [0, 0.1) is 0 Å². The first-order valence-electron chi connectivity index (χ1n) is 21.9. The lowest BCUT2D eigenvalue weighted by Crippen LogP contribution is -2.60. The highest BCUT2D eigenvalue weighted by atomic mass is 32.2. The van der Waals surface area contributed by atoms with Gasteiger partial charge in [0.2, 0.25) is 35.4 Å². The summed E-state index contributed by atoms with van der Waals surface area (Å²) in [4.78, 5) is 134. The van der Waals surface area contributed by atoms with Crippen LogP contribution in [0.5, 0.6) is 11.5 Å². The van der Waals surface area contributed by atoms with E-state index in [2.05, 4.69) is 36.9 Å². The van der Waals surface area contributed by atoms with Gasteiger partial charge in [-0.05, 0) is 85.9 Å². The number of ether oxygens (including phenoxy) is 1. The summed E-state index contributed by atoms with van der Waals surface area (Å²) in [6.45, 7) is 0.000541. The topological polar surface area (TPSA) is 444 Å². The smallest absolute Gasteiger partial charge is 0.328 e. The predicted octanol–water partition coefficient (Wildman–Crippen LogP) is -2.70. The molecule has 0 spiro atoms. The van der Waals surface area contributed by atoms with Gasteiger partial charge >= 0.3 is 23.9 Å². The molecule has 0 radical (unpaired) electrons. The van der Waals surface area contributed by atoms with Crippen molar-refractivity contribution in [2.24, 2.45) is 22.2 Å². The Morgan fingerprint density at radius 3 is 1.38 bits per heavy atom. The number of benzene rings is 2. The van der Waals surface area contributed by atoms with Crippen LogP contribution >= 0.6 is 11.8 Å². The van der Waals surface area contributed by atoms with E-state index in [4.69, 9.17) is 21.9 Å². The number of aliphatic imine (C=N–C) groups is 1. The van der Waals surface area contributed by atoms with Gasteiger partial charge in [-0.15, -0.1) is 0 Å². The van der Waals surface area contributed by atoms with Crippen molar-refractivity contribution < 1.29 is 78.2 Å². The molecule has 0 bridgehead atoms. The maximum atomic E-state index is 13.9. The number of hydrogen-bond acceptors (Lipinski definition) is 16. The normalized spacial score (nSPS) is 13.7. The van der Waals surface area contributed by atoms with Crippen LogP contribution in [0.3, 0.4) is 0 Å². The second-order valence-corrected chi connectivity index (χ2v) is 16.9. The van der Waals surface area contributed by atoms with E-state index >= 15 is 0 Å². The standard InChI is InChI=1S/C44H62N10O16S/c1-70-43(69)33(21-24-7-11-26(56)12-8-24)54-40(66)30(14-16-35(59)60)51-41(67)31(17-19-71-2)52-42(68)32(22-36(61)62)53-39(65)29(13-15-34(57)58)50-38(64)28(4-3-18-48-44(46)47)49-37(63)27(45)20-23-5-9-25(55)10-6-23/h5-12,27-33,55-56H,3-4,13-22,45H2,1-2H3,(H,49,63)(H,50,64)(H,51,67)(H,52,68)(H,53,65)(H,54,66)(H,57,58)(H,59,60)(H,61,62)(H4,46,47,48)/t27-,28-,29-,30-,31-,32-,33-/m0/s1. The number of hydrogen-bond donors (Lipinski definition) is 14. The lowest BCUT2D eigenvalue weighted by molar-refractivity contribution is -0.145. The largest absolute Gasteiger partial charge is 0.508 e. The molecular weight excluding hydrogens is 957 g/mol. The van der Waals surface area contributed by atoms with Gasteiger partial charge in [-0.25, -0.2) is 4.79 Å². The van der Waals surface area contributed by atoms with E-state index < -0.39 is 134 Å². The van der Waals surface area contributed by atoms with Crippen molar-refractivity contribution in [3.8, 4) is 11.5 Å². The molecule has 6 amide bonds. The van der Waals surface area contributed by atoms with Crippen LogP contribution in [0.4, 0.5) is 0 Å². The summed E-state index contributed by atoms with van der Waals surface area (Å²) in [6, 6.07) is 0.545. The summed E-state index contributed by atoms with van der Waals surface area (Å²) < 4.78 is 4.82. The molecule has 2 rings (SSSR count). The number of nitrogens with zero attached hydrogens (tertiary/aromatic N) is 1. The van der Waals surface area contributed by atoms with Gasteiger partial charge < -0.3 is 79.4 Å². The van der Waals surface area contributed by atoms with Crippen molar-refractivity contribution in [3.05, 3.63) is 59.7 Å². The Balaban J connectivity index is 2.38. The molecule has 27 heteroatoms. The Labute approximate surface area is 411 Å². The van der Waals surface area contributed by atoms with Crippen LogP contribution in [-0.4, -0.2) is 159 Å². The molecule has 0 saturated carbocycles. The van der Waals surface area contributed by atoms with Crippen molar-refractivity contribution in [1.82, 2.24) is 31.9 Å². The number of nitrogens with two attached hydrogens (primary N) is 3. The van der Waals surface area contributed by atoms with E-state index in [9.17, 15) is 73.5 Å². The predicted molar refractivity (Wildman–Crippen MR) is 254 cm³/mol. The third-order valence-corrected chi connectivity index (χ3v) is 10.9. The molecule has 26 nitrogen and oxygen atoms in total. The number of rotatable bonds is 32. The molecule has 390 valence electrons. The molecule has 0 aromatic heterocycles. The highest BCUT2D eigenvalue weighted by Gasteiger charge is 2.35. The SMILES string of the molecule is COC(=O)[C@H](Cc1ccc(O)cc1)NC(=O)[C@H](CCC(=O)O)NC(=O)[C@H](CCSC)NC(=O)[C@H](CC(=O)O)NC(=O)[C@H](CCC(=O)O)NC(=O)[C@H](CCCN=C(N)N)NC(=O)[C@@H](N)Cc1ccc(O)cc1. The zero-order chi connectivity index (χ0) is 53.2. The molecule has 0 fully saturated rings. The summed E-state index contributed by atoms with van der Waals surface area (Å²) in [5.74, 6) is -11.8. The Morgan fingerprint density at radius 2 is 0.958 bits per heavy atom. The summed E-state index contributed by atoms with van der Waals surface area (Å²) in [5, 5.41) is 62.1. The van der Waals surface area contributed by atoms with Crippen molar-refractivity contribution in [2.45, 2.75) is 107 Å². The second kappa shape index (κ2) is 30.7. The molecule has 7 atom stereocenters. The van der Waals surface area contributed by atoms with Gasteiger partial charge in [0, 0.05) is 25.8 Å². The van der Waals surface area contributed by atoms with E-state index in [0.29, 0.717) is 11.1 Å². The summed E-state index contributed by atoms with van der Waals surface area (Å²) in [5.41, 5.74) is 18.0. The fourth-order valence-electron chi connectivity index (χ4n) is 6.56. The molecule has 0 heterocycles. The maximum Gasteiger partial charge on any atom is 0.328 e. The van der Waals surface area contributed by atoms with Crippen molar-refractivity contribution >= 4 is 77.0 Å². The van der Waals surface area contributed by atoms with Crippen LogP contribution in [0.15, 0.2) is 53.5 Å². The van der Waals surface area contributed by atoms with Crippen LogP contribution in [0.1, 0.15) is 62.5 Å². The number of carbonyl (C=O) groups excluding carboxylic acids is 7. The van der Waals surface area contributed by atoms with Crippen molar-refractivity contribution in [3.63, 3.8) is 0 Å². The minimum atomic E-state index is -1.98. The van der Waals surface area contributed by atoms with Crippen molar-refractivity contribution in [2.75, 3.05) is 25.7 Å². The zero-order valence-electron chi connectivity index (χ0n) is 39.0. The number of methoxy groups -OCH3 is 1. The molecule has 17 N–H and O–H groups in total. The molecule has 2 aromatic carbocycles. The molecule has 0 aliphatic carbocycles. The molecule has 0 unspecified atom stereocenters. The number of carboxylic acids is 3. The van der Waals surface area contributed by atoms with Crippen LogP contribution < -0.4 is 49.1 Å². The van der Waals surface area contributed by atoms with Gasteiger partial charge in [-0.2, -0.15) is 11.8 Å². The van der Waals surface area contributed by atoms with Gasteiger partial charge in [0.1, 0.15) is 47.8 Å². The lowest BCUT2D eigenvalue weighted by Gasteiger charge is -2.27. The minimum Gasteiger partial charge on any atom is -0.508 e.